The summed E-state index contributed by atoms with van der Waals surface area (Å²) >= 11 is 0. The first-order valence-corrected chi connectivity index (χ1v) is 6.51. The van der Waals surface area contributed by atoms with Crippen LogP contribution in [0.3, 0.4) is 0 Å². The molecule has 3 atom stereocenters. The molecule has 1 heterocycles. The van der Waals surface area contributed by atoms with Crippen LogP contribution in [0.4, 0.5) is 0 Å². The van der Waals surface area contributed by atoms with Gasteiger partial charge in [0, 0.05) is 24.7 Å². The summed E-state index contributed by atoms with van der Waals surface area (Å²) in [6.07, 6.45) is 2.97. The lowest BCUT2D eigenvalue weighted by atomic mass is 9.80. The normalized spacial score (nSPS) is 38.1. The third kappa shape index (κ3) is 1.79. The Morgan fingerprint density at radius 3 is 2.56 bits per heavy atom. The van der Waals surface area contributed by atoms with Crippen molar-refractivity contribution in [3.05, 3.63) is 0 Å². The van der Waals surface area contributed by atoms with E-state index in [1.165, 1.54) is 12.8 Å². The zero-order valence-corrected chi connectivity index (χ0v) is 11.1. The van der Waals surface area contributed by atoms with Gasteiger partial charge < -0.3 is 10.5 Å². The van der Waals surface area contributed by atoms with E-state index < -0.39 is 0 Å². The highest BCUT2D eigenvalue weighted by molar-refractivity contribution is 5.11. The molecule has 1 saturated heterocycles. The summed E-state index contributed by atoms with van der Waals surface area (Å²) < 4.78 is 5.71. The van der Waals surface area contributed by atoms with Gasteiger partial charge >= 0.3 is 0 Å². The van der Waals surface area contributed by atoms with Gasteiger partial charge in [0.05, 0.1) is 12.7 Å². The van der Waals surface area contributed by atoms with E-state index in [4.69, 9.17) is 10.5 Å². The predicted molar refractivity (Wildman–Crippen MR) is 66.4 cm³/mol. The Labute approximate surface area is 99.3 Å². The van der Waals surface area contributed by atoms with E-state index in [1.807, 2.05) is 0 Å². The van der Waals surface area contributed by atoms with Crippen LogP contribution in [-0.2, 0) is 4.74 Å². The maximum Gasteiger partial charge on any atom is 0.0675 e. The van der Waals surface area contributed by atoms with Crippen LogP contribution in [-0.4, -0.2) is 42.3 Å². The molecule has 94 valence electrons. The summed E-state index contributed by atoms with van der Waals surface area (Å²) in [6.45, 7) is 11.7. The molecule has 1 aliphatic heterocycles. The minimum atomic E-state index is 0.143. The van der Waals surface area contributed by atoms with E-state index in [0.29, 0.717) is 17.6 Å². The topological polar surface area (TPSA) is 38.5 Å². The number of nitrogens with two attached hydrogens (primary N) is 1. The molecule has 3 heteroatoms. The zero-order valence-electron chi connectivity index (χ0n) is 11.1. The molecule has 0 aromatic heterocycles. The van der Waals surface area contributed by atoms with Gasteiger partial charge in [0.25, 0.3) is 0 Å². The highest BCUT2D eigenvalue weighted by atomic mass is 16.5. The SMILES string of the molecule is CC1CN(C(C)(CN)C2(C)CC2)C(C)CO1. The Morgan fingerprint density at radius 1 is 1.44 bits per heavy atom. The highest BCUT2D eigenvalue weighted by Gasteiger charge is 2.56. The maximum atomic E-state index is 6.09. The van der Waals surface area contributed by atoms with Crippen molar-refractivity contribution in [1.29, 1.82) is 0 Å². The summed E-state index contributed by atoms with van der Waals surface area (Å²) in [5, 5.41) is 0. The Hall–Kier alpha value is -0.120. The Kier molecular flexibility index (Phi) is 3.06. The number of rotatable bonds is 3. The van der Waals surface area contributed by atoms with Gasteiger partial charge in [-0.1, -0.05) is 6.92 Å². The van der Waals surface area contributed by atoms with Gasteiger partial charge in [-0.2, -0.15) is 0 Å². The lowest BCUT2D eigenvalue weighted by Crippen LogP contribution is -2.64. The predicted octanol–water partition coefficient (Wildman–Crippen LogP) is 1.61. The Morgan fingerprint density at radius 2 is 2.06 bits per heavy atom. The molecule has 16 heavy (non-hydrogen) atoms. The third-order valence-corrected chi connectivity index (χ3v) is 4.94. The average Bonchev–Trinajstić information content (AvgIpc) is 3.00. The fraction of sp³-hybridized carbons (Fsp3) is 1.00. The standard InChI is InChI=1S/C13H26N2O/c1-10-8-16-11(2)7-15(10)13(4,9-14)12(3)5-6-12/h10-11H,5-9,14H2,1-4H3. The molecule has 0 spiro atoms. The number of hydrogen-bond acceptors (Lipinski definition) is 3. The quantitative estimate of drug-likeness (QED) is 0.794. The lowest BCUT2D eigenvalue weighted by Gasteiger charge is -2.51. The molecule has 2 rings (SSSR count). The molecule has 0 radical (unpaired) electrons. The van der Waals surface area contributed by atoms with Gasteiger partial charge in [0.2, 0.25) is 0 Å². The van der Waals surface area contributed by atoms with Crippen molar-refractivity contribution < 1.29 is 4.74 Å². The molecule has 2 N–H and O–H groups in total. The zero-order chi connectivity index (χ0) is 12.0. The second-order valence-corrected chi connectivity index (χ2v) is 6.18. The van der Waals surface area contributed by atoms with Crippen molar-refractivity contribution in [2.24, 2.45) is 11.1 Å². The summed E-state index contributed by atoms with van der Waals surface area (Å²) in [4.78, 5) is 2.59. The summed E-state index contributed by atoms with van der Waals surface area (Å²) in [5.41, 5.74) is 6.66. The van der Waals surface area contributed by atoms with E-state index in [9.17, 15) is 0 Å². The number of morpholine rings is 1. The molecule has 0 amide bonds. The van der Waals surface area contributed by atoms with Gasteiger partial charge in [-0.3, -0.25) is 4.90 Å². The first kappa shape index (κ1) is 12.3. The first-order chi connectivity index (χ1) is 7.43. The van der Waals surface area contributed by atoms with Gasteiger partial charge in [-0.15, -0.1) is 0 Å². The maximum absolute atomic E-state index is 6.09. The number of hydrogen-bond donors (Lipinski definition) is 1. The van der Waals surface area contributed by atoms with E-state index in [0.717, 1.165) is 19.7 Å². The van der Waals surface area contributed by atoms with Gasteiger partial charge in [-0.25, -0.2) is 0 Å². The molecule has 0 aromatic rings. The second kappa shape index (κ2) is 3.97. The minimum Gasteiger partial charge on any atom is -0.376 e. The summed E-state index contributed by atoms with van der Waals surface area (Å²) in [6, 6.07) is 0.488. The Bertz CT molecular complexity index is 265. The van der Waals surface area contributed by atoms with E-state index in [2.05, 4.69) is 32.6 Å². The van der Waals surface area contributed by atoms with Crippen LogP contribution in [0.2, 0.25) is 0 Å². The van der Waals surface area contributed by atoms with Gasteiger partial charge in [0.15, 0.2) is 0 Å². The van der Waals surface area contributed by atoms with Crippen LogP contribution in [0.1, 0.15) is 40.5 Å². The van der Waals surface area contributed by atoms with Crippen LogP contribution in [0.15, 0.2) is 0 Å². The minimum absolute atomic E-state index is 0.143. The van der Waals surface area contributed by atoms with E-state index in [-0.39, 0.29) is 5.54 Å². The van der Waals surface area contributed by atoms with Crippen LogP contribution < -0.4 is 5.73 Å². The van der Waals surface area contributed by atoms with Crippen molar-refractivity contribution in [3.63, 3.8) is 0 Å². The Balaban J connectivity index is 2.19. The molecule has 3 nitrogen and oxygen atoms in total. The molecule has 2 aliphatic rings. The van der Waals surface area contributed by atoms with Crippen LogP contribution in [0.25, 0.3) is 0 Å². The average molecular weight is 226 g/mol. The van der Waals surface area contributed by atoms with Gasteiger partial charge in [-0.05, 0) is 39.0 Å². The van der Waals surface area contributed by atoms with E-state index in [1.54, 1.807) is 0 Å². The molecule has 1 aliphatic carbocycles. The fourth-order valence-electron chi connectivity index (χ4n) is 3.03. The fourth-order valence-corrected chi connectivity index (χ4v) is 3.03. The number of ether oxygens (including phenoxy) is 1. The van der Waals surface area contributed by atoms with Crippen LogP contribution in [0, 0.1) is 5.41 Å². The molecule has 2 fully saturated rings. The van der Waals surface area contributed by atoms with Crippen LogP contribution >= 0.6 is 0 Å². The lowest BCUT2D eigenvalue weighted by molar-refractivity contribution is -0.105. The highest BCUT2D eigenvalue weighted by Crippen LogP contribution is 2.56. The molecule has 0 bridgehead atoms. The molecular weight excluding hydrogens is 200 g/mol. The molecule has 1 saturated carbocycles. The van der Waals surface area contributed by atoms with E-state index >= 15 is 0 Å². The van der Waals surface area contributed by atoms with Gasteiger partial charge in [0.1, 0.15) is 0 Å². The third-order valence-electron chi connectivity index (χ3n) is 4.94. The van der Waals surface area contributed by atoms with Crippen molar-refractivity contribution in [2.45, 2.75) is 58.2 Å². The van der Waals surface area contributed by atoms with Crippen molar-refractivity contribution in [2.75, 3.05) is 19.7 Å². The molecule has 0 aromatic carbocycles. The molecular formula is C13H26N2O. The largest absolute Gasteiger partial charge is 0.376 e. The smallest absolute Gasteiger partial charge is 0.0675 e. The summed E-state index contributed by atoms with van der Waals surface area (Å²) in [7, 11) is 0. The summed E-state index contributed by atoms with van der Waals surface area (Å²) in [5.74, 6) is 0. The van der Waals surface area contributed by atoms with Crippen molar-refractivity contribution in [3.8, 4) is 0 Å². The number of nitrogens with zero attached hydrogens (tertiary/aromatic N) is 1. The van der Waals surface area contributed by atoms with Crippen LogP contribution in [0.5, 0.6) is 0 Å². The van der Waals surface area contributed by atoms with Crippen molar-refractivity contribution >= 4 is 0 Å². The molecule has 3 unspecified atom stereocenters. The first-order valence-electron chi connectivity index (χ1n) is 6.51. The second-order valence-electron chi connectivity index (χ2n) is 6.18. The van der Waals surface area contributed by atoms with Crippen molar-refractivity contribution in [1.82, 2.24) is 4.90 Å². The monoisotopic (exact) mass is 226 g/mol.